The average molecular weight is 141 g/mol. The van der Waals surface area contributed by atoms with Gasteiger partial charge in [-0.15, -0.1) is 6.58 Å². The van der Waals surface area contributed by atoms with E-state index in [4.69, 9.17) is 0 Å². The molecule has 58 valence electrons. The van der Waals surface area contributed by atoms with Gasteiger partial charge in [0.05, 0.1) is 6.10 Å². The van der Waals surface area contributed by atoms with Crippen molar-refractivity contribution in [1.82, 2.24) is 5.32 Å². The van der Waals surface area contributed by atoms with E-state index in [0.717, 1.165) is 25.9 Å². The first kappa shape index (κ1) is 7.76. The molecule has 1 aliphatic rings. The summed E-state index contributed by atoms with van der Waals surface area (Å²) in [6.45, 7) is 5.64. The third-order valence-corrected chi connectivity index (χ3v) is 2.11. The second-order valence-electron chi connectivity index (χ2n) is 2.81. The van der Waals surface area contributed by atoms with Gasteiger partial charge in [0.15, 0.2) is 0 Å². The van der Waals surface area contributed by atoms with E-state index in [2.05, 4.69) is 11.9 Å². The summed E-state index contributed by atoms with van der Waals surface area (Å²) in [5.41, 5.74) is 0. The van der Waals surface area contributed by atoms with Gasteiger partial charge in [0.1, 0.15) is 0 Å². The number of aliphatic hydroxyl groups is 1. The summed E-state index contributed by atoms with van der Waals surface area (Å²) in [5, 5.41) is 12.6. The first-order chi connectivity index (χ1) is 4.84. The van der Waals surface area contributed by atoms with Gasteiger partial charge in [-0.3, -0.25) is 0 Å². The van der Waals surface area contributed by atoms with Crippen LogP contribution in [0.2, 0.25) is 0 Å². The van der Waals surface area contributed by atoms with Gasteiger partial charge in [0.2, 0.25) is 0 Å². The number of piperidine rings is 1. The number of nitrogens with one attached hydrogen (secondary N) is 1. The van der Waals surface area contributed by atoms with E-state index < -0.39 is 0 Å². The van der Waals surface area contributed by atoms with Crippen LogP contribution in [0.1, 0.15) is 12.8 Å². The predicted molar refractivity (Wildman–Crippen MR) is 41.8 cm³/mol. The normalized spacial score (nSPS) is 24.1. The molecule has 2 heteroatoms. The lowest BCUT2D eigenvalue weighted by Crippen LogP contribution is -2.33. The Morgan fingerprint density at radius 1 is 1.50 bits per heavy atom. The fourth-order valence-electron chi connectivity index (χ4n) is 1.38. The van der Waals surface area contributed by atoms with Gasteiger partial charge < -0.3 is 10.4 Å². The summed E-state index contributed by atoms with van der Waals surface area (Å²) >= 11 is 0. The van der Waals surface area contributed by atoms with Crippen molar-refractivity contribution in [2.24, 2.45) is 5.92 Å². The maximum absolute atomic E-state index is 9.34. The Bertz CT molecular complexity index is 108. The van der Waals surface area contributed by atoms with Gasteiger partial charge in [-0.05, 0) is 31.8 Å². The van der Waals surface area contributed by atoms with Crippen LogP contribution in [-0.2, 0) is 0 Å². The highest BCUT2D eigenvalue weighted by Gasteiger charge is 2.18. The van der Waals surface area contributed by atoms with Crippen molar-refractivity contribution in [3.63, 3.8) is 0 Å². The van der Waals surface area contributed by atoms with Crippen molar-refractivity contribution in [3.05, 3.63) is 12.7 Å². The van der Waals surface area contributed by atoms with E-state index in [1.165, 1.54) is 0 Å². The lowest BCUT2D eigenvalue weighted by Gasteiger charge is -2.24. The van der Waals surface area contributed by atoms with E-state index in [1.807, 2.05) is 0 Å². The van der Waals surface area contributed by atoms with E-state index in [-0.39, 0.29) is 6.10 Å². The molecule has 0 aromatic carbocycles. The summed E-state index contributed by atoms with van der Waals surface area (Å²) in [5.74, 6) is 0.443. The Labute approximate surface area is 61.9 Å². The Morgan fingerprint density at radius 3 is 2.60 bits per heavy atom. The third kappa shape index (κ3) is 1.82. The number of rotatable bonds is 2. The zero-order valence-electron chi connectivity index (χ0n) is 6.21. The van der Waals surface area contributed by atoms with E-state index in [1.54, 1.807) is 6.08 Å². The molecule has 1 heterocycles. The minimum absolute atomic E-state index is 0.290. The van der Waals surface area contributed by atoms with Crippen molar-refractivity contribution in [2.75, 3.05) is 13.1 Å². The molecule has 0 saturated carbocycles. The highest BCUT2D eigenvalue weighted by atomic mass is 16.3. The molecule has 1 atom stereocenters. The van der Waals surface area contributed by atoms with Crippen LogP contribution < -0.4 is 5.32 Å². The van der Waals surface area contributed by atoms with Crippen LogP contribution in [0.25, 0.3) is 0 Å². The van der Waals surface area contributed by atoms with Gasteiger partial charge in [-0.2, -0.15) is 0 Å². The Kier molecular flexibility index (Phi) is 2.90. The Morgan fingerprint density at radius 2 is 2.10 bits per heavy atom. The van der Waals surface area contributed by atoms with Crippen LogP contribution in [0.3, 0.4) is 0 Å². The Hall–Kier alpha value is -0.340. The zero-order chi connectivity index (χ0) is 7.40. The van der Waals surface area contributed by atoms with Gasteiger partial charge in [0, 0.05) is 0 Å². The molecule has 0 aromatic heterocycles. The summed E-state index contributed by atoms with van der Waals surface area (Å²) in [7, 11) is 0. The molecule has 0 radical (unpaired) electrons. The van der Waals surface area contributed by atoms with E-state index >= 15 is 0 Å². The predicted octanol–water partition coefficient (Wildman–Crippen LogP) is 0.533. The van der Waals surface area contributed by atoms with Crippen LogP contribution in [0.5, 0.6) is 0 Å². The second-order valence-corrected chi connectivity index (χ2v) is 2.81. The zero-order valence-corrected chi connectivity index (χ0v) is 6.21. The summed E-state index contributed by atoms with van der Waals surface area (Å²) < 4.78 is 0. The fraction of sp³-hybridized carbons (Fsp3) is 0.750. The quantitative estimate of drug-likeness (QED) is 0.550. The minimum Gasteiger partial charge on any atom is -0.389 e. The molecule has 2 N–H and O–H groups in total. The van der Waals surface area contributed by atoms with Crippen LogP contribution in [0, 0.1) is 5.92 Å². The van der Waals surface area contributed by atoms with Gasteiger partial charge in [0.25, 0.3) is 0 Å². The van der Waals surface area contributed by atoms with Gasteiger partial charge in [-0.1, -0.05) is 6.08 Å². The molecular formula is C8H15NO. The van der Waals surface area contributed by atoms with Crippen LogP contribution in [-0.4, -0.2) is 24.3 Å². The Balaban J connectivity index is 2.30. The van der Waals surface area contributed by atoms with E-state index in [9.17, 15) is 5.11 Å². The van der Waals surface area contributed by atoms with E-state index in [0.29, 0.717) is 5.92 Å². The molecule has 1 fully saturated rings. The van der Waals surface area contributed by atoms with Crippen molar-refractivity contribution in [3.8, 4) is 0 Å². The lowest BCUT2D eigenvalue weighted by atomic mass is 9.92. The molecule has 1 saturated heterocycles. The van der Waals surface area contributed by atoms with Crippen LogP contribution >= 0.6 is 0 Å². The molecular weight excluding hydrogens is 126 g/mol. The van der Waals surface area contributed by atoms with Crippen LogP contribution in [0.4, 0.5) is 0 Å². The smallest absolute Gasteiger partial charge is 0.0747 e. The summed E-state index contributed by atoms with van der Waals surface area (Å²) in [4.78, 5) is 0. The molecule has 1 unspecified atom stereocenters. The highest BCUT2D eigenvalue weighted by molar-refractivity contribution is 4.86. The molecule has 2 nitrogen and oxygen atoms in total. The average Bonchev–Trinajstić information content (AvgIpc) is 2.05. The minimum atomic E-state index is -0.290. The van der Waals surface area contributed by atoms with Crippen molar-refractivity contribution >= 4 is 0 Å². The van der Waals surface area contributed by atoms with Crippen molar-refractivity contribution in [1.29, 1.82) is 0 Å². The largest absolute Gasteiger partial charge is 0.389 e. The molecule has 0 aliphatic carbocycles. The SMILES string of the molecule is C=CC(O)C1CCNCC1. The topological polar surface area (TPSA) is 32.3 Å². The molecule has 1 rings (SSSR count). The third-order valence-electron chi connectivity index (χ3n) is 2.11. The number of aliphatic hydroxyl groups excluding tert-OH is 1. The second kappa shape index (κ2) is 3.74. The molecule has 0 amide bonds. The molecule has 10 heavy (non-hydrogen) atoms. The molecule has 0 aromatic rings. The monoisotopic (exact) mass is 141 g/mol. The summed E-state index contributed by atoms with van der Waals surface area (Å²) in [6.07, 6.45) is 3.50. The van der Waals surface area contributed by atoms with Gasteiger partial charge in [-0.25, -0.2) is 0 Å². The molecule has 0 spiro atoms. The first-order valence-corrected chi connectivity index (χ1v) is 3.86. The number of hydrogen-bond acceptors (Lipinski definition) is 2. The number of hydrogen-bond donors (Lipinski definition) is 2. The lowest BCUT2D eigenvalue weighted by molar-refractivity contribution is 0.130. The standard InChI is InChI=1S/C8H15NO/c1-2-8(10)7-3-5-9-6-4-7/h2,7-10H,1,3-6H2. The maximum Gasteiger partial charge on any atom is 0.0747 e. The highest BCUT2D eigenvalue weighted by Crippen LogP contribution is 2.16. The van der Waals surface area contributed by atoms with Crippen molar-refractivity contribution in [2.45, 2.75) is 18.9 Å². The van der Waals surface area contributed by atoms with Crippen LogP contribution in [0.15, 0.2) is 12.7 Å². The summed E-state index contributed by atoms with van der Waals surface area (Å²) in [6, 6.07) is 0. The molecule has 0 bridgehead atoms. The van der Waals surface area contributed by atoms with Crippen molar-refractivity contribution < 1.29 is 5.11 Å². The van der Waals surface area contributed by atoms with Gasteiger partial charge >= 0.3 is 0 Å². The first-order valence-electron chi connectivity index (χ1n) is 3.86. The fourth-order valence-corrected chi connectivity index (χ4v) is 1.38. The maximum atomic E-state index is 9.34. The molecule has 1 aliphatic heterocycles.